The lowest BCUT2D eigenvalue weighted by Crippen LogP contribution is -3.00. The number of sulfonamides is 4. The molecule has 114 heavy (non-hydrogen) atoms. The highest BCUT2D eigenvalue weighted by atomic mass is 35.5. The summed E-state index contributed by atoms with van der Waals surface area (Å²) in [6, 6.07) is 56.9. The van der Waals surface area contributed by atoms with Crippen molar-refractivity contribution in [3.05, 3.63) is 238 Å². The standard InChI is InChI=1S/C23H32N2O2S.C20H26N2O3S.2C20H26N2O2S.3CO2.ClH/c1-4-5-6-7-8-11-16-24-23-19-12-9-10-13-21(19)25(3)28(26,27)22-17-18(2)14-15-20(22)23;1-4-25-13-7-12-21-20-16-8-5-6-9-18(16)22(3)26(23,24)19-14-15(2)10-11-17(19)20;2*1-3-4-5-10-15-21-20-16-11-6-8-13-18(16)22(2)25(23,24)19-14-9-7-12-17(19)20;3*2-1-3;/h9-10,12-15,17,23-24H,4-8,11,16H2,1-3H3;5-6,8-11,14,20-21H,4,7,12-13H2,1-3H3;2*6-9,11-14,20-21H,3-5,10,15H2,1-2H3;;;;1H. The summed E-state index contributed by atoms with van der Waals surface area (Å²) in [4.78, 5) is 50.3. The third kappa shape index (κ3) is 24.5. The molecular formula is C86H111ClN8O15S4. The summed E-state index contributed by atoms with van der Waals surface area (Å²) in [6.07, 6.45) is 18.6. The largest absolute Gasteiger partial charge is 1.00 e. The van der Waals surface area contributed by atoms with Crippen molar-refractivity contribution >= 4 is 81.3 Å². The van der Waals surface area contributed by atoms with Gasteiger partial charge in [0.15, 0.2) is 0 Å². The van der Waals surface area contributed by atoms with E-state index < -0.39 is 40.1 Å². The van der Waals surface area contributed by atoms with E-state index in [9.17, 15) is 33.7 Å². The SMILES string of the molecule is CCCCCCCCNC1c2ccccc2N(C)S(=O)(=O)c2cc(C)ccc21.CCCCCCNC1c2ccccc2N(C)S(=O)(=O)c2ccccc21.CCCCCC[NH2+]C1c2ccccc2N(C)S(=O)(=O)c2ccccc21.CCOCCCNC1c2ccccc2N(C)S(=O)(=O)c2cc(C)ccc21.O=C=O.O=C=O.O=C=O.[Cl-]. The first-order chi connectivity index (χ1) is 54.3. The molecule has 4 atom stereocenters. The van der Waals surface area contributed by atoms with E-state index in [2.05, 4.69) is 48.1 Å². The minimum absolute atomic E-state index is 0. The van der Waals surface area contributed by atoms with Crippen molar-refractivity contribution in [1.29, 1.82) is 0 Å². The van der Waals surface area contributed by atoms with Crippen LogP contribution >= 0.6 is 0 Å². The van der Waals surface area contributed by atoms with Crippen molar-refractivity contribution in [2.24, 2.45) is 0 Å². The molecule has 616 valence electrons. The number of hydrogen-bond acceptors (Lipinski definition) is 18. The summed E-state index contributed by atoms with van der Waals surface area (Å²) >= 11 is 0. The van der Waals surface area contributed by atoms with Crippen LogP contribution < -0.4 is 50.9 Å². The molecule has 4 heterocycles. The summed E-state index contributed by atoms with van der Waals surface area (Å²) in [5.74, 6) is 0. The number of halogens is 1. The normalized spacial score (nSPS) is 16.7. The van der Waals surface area contributed by atoms with Crippen LogP contribution in [0.1, 0.15) is 204 Å². The van der Waals surface area contributed by atoms with Gasteiger partial charge in [-0.15, -0.1) is 0 Å². The zero-order valence-corrected chi connectivity index (χ0v) is 71.0. The third-order valence-electron chi connectivity index (χ3n) is 20.1. The number of carbonyl (C=O) groups excluding carboxylic acids is 6. The number of anilines is 4. The molecule has 0 aliphatic carbocycles. The molecule has 0 bridgehead atoms. The van der Waals surface area contributed by atoms with Crippen molar-refractivity contribution in [3.8, 4) is 0 Å². The van der Waals surface area contributed by atoms with Crippen molar-refractivity contribution in [1.82, 2.24) is 16.0 Å². The first-order valence-electron chi connectivity index (χ1n) is 38.6. The van der Waals surface area contributed by atoms with Crippen molar-refractivity contribution in [2.45, 2.75) is 182 Å². The van der Waals surface area contributed by atoms with Crippen LogP contribution in [0.4, 0.5) is 22.7 Å². The Morgan fingerprint density at radius 1 is 0.342 bits per heavy atom. The number of ether oxygens (including phenoxy) is 1. The molecule has 23 nitrogen and oxygen atoms in total. The Morgan fingerprint density at radius 3 is 1.01 bits per heavy atom. The van der Waals surface area contributed by atoms with E-state index in [1.54, 1.807) is 64.6 Å². The molecule has 0 saturated carbocycles. The molecule has 8 aromatic carbocycles. The third-order valence-corrected chi connectivity index (χ3v) is 27.5. The Bertz CT molecular complexity index is 4790. The van der Waals surface area contributed by atoms with E-state index in [0.717, 1.165) is 125 Å². The number of hydrogen-bond donors (Lipinski definition) is 4. The van der Waals surface area contributed by atoms with Gasteiger partial charge in [0.05, 0.1) is 67.0 Å². The van der Waals surface area contributed by atoms with Gasteiger partial charge in [-0.25, -0.2) is 33.7 Å². The fourth-order valence-electron chi connectivity index (χ4n) is 14.3. The highest BCUT2D eigenvalue weighted by Gasteiger charge is 2.40. The van der Waals surface area contributed by atoms with E-state index in [1.807, 2.05) is 160 Å². The van der Waals surface area contributed by atoms with Gasteiger partial charge in [-0.05, 0) is 166 Å². The lowest BCUT2D eigenvalue weighted by molar-refractivity contribution is -0.687. The smallest absolute Gasteiger partial charge is 0.373 e. The molecule has 0 radical (unpaired) electrons. The van der Waals surface area contributed by atoms with Crippen LogP contribution in [0.2, 0.25) is 0 Å². The molecule has 0 fully saturated rings. The summed E-state index contributed by atoms with van der Waals surface area (Å²) in [5, 5.41) is 13.1. The molecule has 8 aromatic rings. The Labute approximate surface area is 681 Å². The number of nitrogens with two attached hydrogens (primary N) is 1. The lowest BCUT2D eigenvalue weighted by Gasteiger charge is -2.22. The van der Waals surface area contributed by atoms with E-state index >= 15 is 0 Å². The topological polar surface area (TPSA) is 314 Å². The number of nitrogens with one attached hydrogen (secondary N) is 3. The van der Waals surface area contributed by atoms with Crippen LogP contribution in [-0.4, -0.2) is 120 Å². The average molecular weight is 1660 g/mol. The van der Waals surface area contributed by atoms with Crippen LogP contribution in [0.15, 0.2) is 202 Å². The van der Waals surface area contributed by atoms with Crippen LogP contribution in [0.5, 0.6) is 0 Å². The molecule has 0 aromatic heterocycles. The van der Waals surface area contributed by atoms with Gasteiger partial charge in [-0.2, -0.15) is 28.8 Å². The number of quaternary nitrogens is 1. The Morgan fingerprint density at radius 2 is 0.623 bits per heavy atom. The number of unbranched alkanes of at least 4 members (excludes halogenated alkanes) is 11. The fraction of sp³-hybridized carbons (Fsp3) is 0.407. The van der Waals surface area contributed by atoms with Gasteiger partial charge in [0, 0.05) is 52.5 Å². The van der Waals surface area contributed by atoms with Crippen molar-refractivity contribution in [3.63, 3.8) is 0 Å². The number of nitrogens with zero attached hydrogens (tertiary/aromatic N) is 4. The maximum absolute atomic E-state index is 13.3. The van der Waals surface area contributed by atoms with Crippen LogP contribution in [-0.2, 0) is 73.6 Å². The minimum Gasteiger partial charge on any atom is -1.00 e. The van der Waals surface area contributed by atoms with Gasteiger partial charge in [0.25, 0.3) is 40.1 Å². The molecule has 0 amide bonds. The highest BCUT2D eigenvalue weighted by molar-refractivity contribution is 7.93. The number of aryl methyl sites for hydroxylation is 2. The molecule has 4 unspecified atom stereocenters. The fourth-order valence-corrected chi connectivity index (χ4v) is 20.3. The predicted molar refractivity (Wildman–Crippen MR) is 439 cm³/mol. The highest BCUT2D eigenvalue weighted by Crippen LogP contribution is 2.44. The van der Waals surface area contributed by atoms with Crippen LogP contribution in [0.3, 0.4) is 0 Å². The monoisotopic (exact) mass is 1660 g/mol. The quantitative estimate of drug-likeness (QED) is 0.0366. The van der Waals surface area contributed by atoms with E-state index in [0.29, 0.717) is 38.5 Å². The first kappa shape index (κ1) is 95.6. The maximum atomic E-state index is 13.3. The van der Waals surface area contributed by atoms with Gasteiger partial charge in [0.1, 0.15) is 6.04 Å². The molecule has 28 heteroatoms. The average Bonchev–Trinajstić information content (AvgIpc) is 1.63. The molecule has 4 aliphatic rings. The lowest BCUT2D eigenvalue weighted by atomic mass is 9.96. The molecular weight excluding hydrogens is 1550 g/mol. The van der Waals surface area contributed by atoms with Crippen LogP contribution in [0, 0.1) is 13.8 Å². The van der Waals surface area contributed by atoms with Crippen molar-refractivity contribution < 1.29 is 84.9 Å². The molecule has 4 aliphatic heterocycles. The van der Waals surface area contributed by atoms with E-state index in [1.165, 1.54) is 87.8 Å². The Balaban J connectivity index is 0.000000261. The van der Waals surface area contributed by atoms with Gasteiger partial charge in [-0.1, -0.05) is 218 Å². The molecule has 0 saturated heterocycles. The first-order valence-corrected chi connectivity index (χ1v) is 44.4. The second-order valence-electron chi connectivity index (χ2n) is 27.6. The maximum Gasteiger partial charge on any atom is 0.373 e. The number of fused-ring (bicyclic) bond motifs is 8. The zero-order valence-electron chi connectivity index (χ0n) is 67.0. The van der Waals surface area contributed by atoms with Gasteiger partial charge < -0.3 is 38.4 Å². The van der Waals surface area contributed by atoms with Gasteiger partial charge in [0.2, 0.25) is 0 Å². The van der Waals surface area contributed by atoms with Gasteiger partial charge >= 0.3 is 18.5 Å². The zero-order chi connectivity index (χ0) is 82.7. The minimum atomic E-state index is -3.60. The summed E-state index contributed by atoms with van der Waals surface area (Å²) in [6.45, 7) is 17.4. The van der Waals surface area contributed by atoms with E-state index in [-0.39, 0.29) is 55.0 Å². The Kier molecular flexibility index (Phi) is 40.0. The second kappa shape index (κ2) is 47.7. The molecule has 5 N–H and O–H groups in total. The Hall–Kier alpha value is -9.01. The predicted octanol–water partition coefficient (Wildman–Crippen LogP) is 10.8. The number of para-hydroxylation sites is 4. The van der Waals surface area contributed by atoms with Gasteiger partial charge in [-0.3, -0.25) is 17.2 Å². The number of rotatable bonds is 26. The summed E-state index contributed by atoms with van der Waals surface area (Å²) < 4.78 is 116. The molecule has 12 rings (SSSR count). The summed E-state index contributed by atoms with van der Waals surface area (Å²) in [7, 11) is -7.70. The summed E-state index contributed by atoms with van der Waals surface area (Å²) in [5.41, 5.74) is 12.3. The molecule has 0 spiro atoms. The second-order valence-corrected chi connectivity index (χ2v) is 35.4. The number of benzene rings is 8. The van der Waals surface area contributed by atoms with E-state index in [4.69, 9.17) is 33.5 Å². The van der Waals surface area contributed by atoms with Crippen molar-refractivity contribution in [2.75, 3.05) is 84.8 Å². The van der Waals surface area contributed by atoms with Crippen LogP contribution in [0.25, 0.3) is 0 Å².